The van der Waals surface area contributed by atoms with Crippen molar-refractivity contribution in [3.63, 3.8) is 0 Å². The molecular weight excluding hydrogens is 382 g/mol. The molecule has 4 rings (SSSR count). The van der Waals surface area contributed by atoms with Crippen LogP contribution < -0.4 is 0 Å². The monoisotopic (exact) mass is 417 g/mol. The van der Waals surface area contributed by atoms with E-state index in [0.717, 1.165) is 43.5 Å². The third-order valence-corrected chi connectivity index (χ3v) is 6.76. The zero-order chi connectivity index (χ0) is 21.8. The number of nitrogens with one attached hydrogen (secondary N) is 1. The summed E-state index contributed by atoms with van der Waals surface area (Å²) in [5.74, 6) is 0.622. The van der Waals surface area contributed by atoms with Crippen LogP contribution in [0.4, 0.5) is 0 Å². The van der Waals surface area contributed by atoms with Gasteiger partial charge in [-0.1, -0.05) is 48.5 Å². The molecule has 2 heterocycles. The summed E-state index contributed by atoms with van der Waals surface area (Å²) in [6.45, 7) is 10.5. The van der Waals surface area contributed by atoms with Crippen LogP contribution in [0.5, 0.6) is 0 Å². The Kier molecular flexibility index (Phi) is 6.47. The third kappa shape index (κ3) is 5.01. The quantitative estimate of drug-likeness (QED) is 0.562. The van der Waals surface area contributed by atoms with Gasteiger partial charge in [0.1, 0.15) is 5.69 Å². The molecule has 0 spiro atoms. The first-order valence-corrected chi connectivity index (χ1v) is 11.6. The van der Waals surface area contributed by atoms with E-state index >= 15 is 0 Å². The Morgan fingerprint density at radius 3 is 2.61 bits per heavy atom. The van der Waals surface area contributed by atoms with Crippen LogP contribution in [0, 0.1) is 5.92 Å². The first kappa shape index (κ1) is 21.6. The van der Waals surface area contributed by atoms with E-state index in [1.807, 2.05) is 35.2 Å². The van der Waals surface area contributed by atoms with E-state index in [2.05, 4.69) is 61.0 Å². The Morgan fingerprint density at radius 1 is 1.13 bits per heavy atom. The zero-order valence-corrected chi connectivity index (χ0v) is 19.1. The number of amides is 1. The van der Waals surface area contributed by atoms with Gasteiger partial charge >= 0.3 is 0 Å². The van der Waals surface area contributed by atoms with Crippen LogP contribution in [0.1, 0.15) is 49.7 Å². The van der Waals surface area contributed by atoms with Crippen molar-refractivity contribution in [2.24, 2.45) is 5.92 Å². The van der Waals surface area contributed by atoms with Gasteiger partial charge in [0, 0.05) is 36.1 Å². The predicted octanol–water partition coefficient (Wildman–Crippen LogP) is 5.36. The van der Waals surface area contributed by atoms with E-state index in [1.165, 1.54) is 18.4 Å². The smallest absolute Gasteiger partial charge is 0.270 e. The number of aromatic nitrogens is 1. The summed E-state index contributed by atoms with van der Waals surface area (Å²) in [6, 6.07) is 20.8. The van der Waals surface area contributed by atoms with Gasteiger partial charge in [-0.3, -0.25) is 9.69 Å². The van der Waals surface area contributed by atoms with Crippen molar-refractivity contribution < 1.29 is 4.79 Å². The summed E-state index contributed by atoms with van der Waals surface area (Å²) < 4.78 is 0. The highest BCUT2D eigenvalue weighted by molar-refractivity contribution is 5.98. The molecule has 0 bridgehead atoms. The Balaban J connectivity index is 1.42. The van der Waals surface area contributed by atoms with E-state index in [0.29, 0.717) is 11.6 Å². The number of carbonyl (C=O) groups excluding carboxylic acids is 1. The Bertz CT molecular complexity index is 975. The average Bonchev–Trinajstić information content (AvgIpc) is 3.22. The largest absolute Gasteiger partial charge is 0.351 e. The number of piperidine rings is 1. The highest BCUT2D eigenvalue weighted by atomic mass is 16.2. The van der Waals surface area contributed by atoms with Crippen LogP contribution >= 0.6 is 0 Å². The van der Waals surface area contributed by atoms with Crippen LogP contribution in [0.3, 0.4) is 0 Å². The molecule has 0 aliphatic carbocycles. The van der Waals surface area contributed by atoms with Gasteiger partial charge < -0.3 is 9.88 Å². The molecular formula is C27H35N3O. The Morgan fingerprint density at radius 2 is 1.87 bits per heavy atom. The first-order valence-electron chi connectivity index (χ1n) is 11.6. The highest BCUT2D eigenvalue weighted by Gasteiger charge is 2.32. The van der Waals surface area contributed by atoms with Gasteiger partial charge in [0.15, 0.2) is 0 Å². The van der Waals surface area contributed by atoms with Crippen molar-refractivity contribution in [3.05, 3.63) is 71.9 Å². The third-order valence-electron chi connectivity index (χ3n) is 6.76. The minimum Gasteiger partial charge on any atom is -0.351 e. The van der Waals surface area contributed by atoms with Crippen LogP contribution in [0.15, 0.2) is 60.7 Å². The SMILES string of the molecule is CCN(CC1CCCN(C(C)(C)Cc2ccccc2)C1)C(=O)c1cc2ccccc2[nH]1. The lowest BCUT2D eigenvalue weighted by molar-refractivity contribution is 0.0474. The minimum atomic E-state index is 0.109. The molecule has 1 fully saturated rings. The number of fused-ring (bicyclic) bond motifs is 1. The van der Waals surface area contributed by atoms with Crippen molar-refractivity contribution in [1.29, 1.82) is 0 Å². The summed E-state index contributed by atoms with van der Waals surface area (Å²) >= 11 is 0. The number of hydrogen-bond donors (Lipinski definition) is 1. The molecule has 0 saturated carbocycles. The highest BCUT2D eigenvalue weighted by Crippen LogP contribution is 2.28. The van der Waals surface area contributed by atoms with Crippen molar-refractivity contribution in [1.82, 2.24) is 14.8 Å². The van der Waals surface area contributed by atoms with Crippen molar-refractivity contribution >= 4 is 16.8 Å². The van der Waals surface area contributed by atoms with Gasteiger partial charge in [0.05, 0.1) is 0 Å². The van der Waals surface area contributed by atoms with Gasteiger partial charge in [0.25, 0.3) is 5.91 Å². The Labute approximate surface area is 186 Å². The molecule has 1 atom stereocenters. The van der Waals surface area contributed by atoms with Gasteiger partial charge in [0.2, 0.25) is 0 Å². The molecule has 3 aromatic rings. The molecule has 1 aliphatic rings. The fourth-order valence-electron chi connectivity index (χ4n) is 5.00. The van der Waals surface area contributed by atoms with E-state index in [9.17, 15) is 4.79 Å². The van der Waals surface area contributed by atoms with Crippen molar-refractivity contribution in [3.8, 4) is 0 Å². The number of aromatic amines is 1. The molecule has 1 saturated heterocycles. The topological polar surface area (TPSA) is 39.3 Å². The molecule has 31 heavy (non-hydrogen) atoms. The standard InChI is InChI=1S/C27H35N3O/c1-4-29(26(31)25-17-23-14-8-9-15-24(23)28-25)19-22-13-10-16-30(20-22)27(2,3)18-21-11-6-5-7-12-21/h5-9,11-12,14-15,17,22,28H,4,10,13,16,18-20H2,1-3H3. The summed E-state index contributed by atoms with van der Waals surface area (Å²) in [6.07, 6.45) is 3.43. The molecule has 4 nitrogen and oxygen atoms in total. The lowest BCUT2D eigenvalue weighted by Gasteiger charge is -2.44. The predicted molar refractivity (Wildman–Crippen MR) is 128 cm³/mol. The number of benzene rings is 2. The molecule has 0 radical (unpaired) electrons. The summed E-state index contributed by atoms with van der Waals surface area (Å²) in [5, 5.41) is 1.09. The number of carbonyl (C=O) groups is 1. The van der Waals surface area contributed by atoms with Crippen LogP contribution in [0.2, 0.25) is 0 Å². The molecule has 1 aromatic heterocycles. The fourth-order valence-corrected chi connectivity index (χ4v) is 5.00. The van der Waals surface area contributed by atoms with Gasteiger partial charge in [-0.05, 0) is 70.2 Å². The normalized spacial score (nSPS) is 17.7. The molecule has 4 heteroatoms. The lowest BCUT2D eigenvalue weighted by atomic mass is 9.88. The first-order chi connectivity index (χ1) is 15.0. The zero-order valence-electron chi connectivity index (χ0n) is 19.1. The van der Waals surface area contributed by atoms with Crippen LogP contribution in [-0.2, 0) is 6.42 Å². The second kappa shape index (κ2) is 9.27. The molecule has 1 aliphatic heterocycles. The molecule has 1 N–H and O–H groups in total. The van der Waals surface area contributed by atoms with E-state index in [-0.39, 0.29) is 11.4 Å². The maximum Gasteiger partial charge on any atom is 0.270 e. The van der Waals surface area contributed by atoms with E-state index in [1.54, 1.807) is 0 Å². The van der Waals surface area contributed by atoms with Gasteiger partial charge in [-0.15, -0.1) is 0 Å². The van der Waals surface area contributed by atoms with Crippen LogP contribution in [-0.4, -0.2) is 52.4 Å². The molecule has 2 aromatic carbocycles. The fraction of sp³-hybridized carbons (Fsp3) is 0.444. The minimum absolute atomic E-state index is 0.109. The Hall–Kier alpha value is -2.59. The summed E-state index contributed by atoms with van der Waals surface area (Å²) in [7, 11) is 0. The molecule has 1 amide bonds. The maximum absolute atomic E-state index is 13.2. The number of nitrogens with zero attached hydrogens (tertiary/aromatic N) is 2. The number of para-hydroxylation sites is 1. The molecule has 164 valence electrons. The maximum atomic E-state index is 13.2. The van der Waals surface area contributed by atoms with Crippen molar-refractivity contribution in [2.75, 3.05) is 26.2 Å². The second-order valence-corrected chi connectivity index (χ2v) is 9.54. The number of H-pyrrole nitrogens is 1. The van der Waals surface area contributed by atoms with E-state index in [4.69, 9.17) is 0 Å². The van der Waals surface area contributed by atoms with Gasteiger partial charge in [-0.25, -0.2) is 0 Å². The van der Waals surface area contributed by atoms with Gasteiger partial charge in [-0.2, -0.15) is 0 Å². The summed E-state index contributed by atoms with van der Waals surface area (Å²) in [5.41, 5.74) is 3.21. The number of rotatable bonds is 7. The average molecular weight is 418 g/mol. The van der Waals surface area contributed by atoms with E-state index < -0.39 is 0 Å². The summed E-state index contributed by atoms with van der Waals surface area (Å²) in [4.78, 5) is 21.2. The lowest BCUT2D eigenvalue weighted by Crippen LogP contribution is -2.52. The number of hydrogen-bond acceptors (Lipinski definition) is 2. The van der Waals surface area contributed by atoms with Crippen molar-refractivity contribution in [2.45, 2.75) is 45.6 Å². The number of likely N-dealkylation sites (tertiary alicyclic amines) is 1. The van der Waals surface area contributed by atoms with Crippen LogP contribution in [0.25, 0.3) is 10.9 Å². The second-order valence-electron chi connectivity index (χ2n) is 9.54. The molecule has 1 unspecified atom stereocenters.